The molecule has 7 heteroatoms. The first kappa shape index (κ1) is 16.5. The predicted molar refractivity (Wildman–Crippen MR) is 90.0 cm³/mol. The van der Waals surface area contributed by atoms with Crippen LogP contribution >= 0.6 is 0 Å². The summed E-state index contributed by atoms with van der Waals surface area (Å²) in [5.41, 5.74) is 1.04. The summed E-state index contributed by atoms with van der Waals surface area (Å²) in [6, 6.07) is 7.33. The van der Waals surface area contributed by atoms with Gasteiger partial charge in [-0.05, 0) is 24.0 Å². The number of imide groups is 1. The molecule has 3 aliphatic rings. The number of hydrogen-bond acceptors (Lipinski definition) is 5. The van der Waals surface area contributed by atoms with Gasteiger partial charge >= 0.3 is 6.03 Å². The van der Waals surface area contributed by atoms with Crippen molar-refractivity contribution in [3.05, 3.63) is 35.4 Å². The Morgan fingerprint density at radius 2 is 1.96 bits per heavy atom. The van der Waals surface area contributed by atoms with Crippen molar-refractivity contribution in [3.8, 4) is 0 Å². The number of benzene rings is 1. The molecule has 2 atom stereocenters. The Hall–Kier alpha value is -1.96. The van der Waals surface area contributed by atoms with Crippen LogP contribution in [0.3, 0.4) is 0 Å². The molecule has 1 aliphatic carbocycles. The second kappa shape index (κ2) is 6.40. The number of amides is 3. The molecule has 0 aromatic heterocycles. The van der Waals surface area contributed by atoms with E-state index in [4.69, 9.17) is 4.74 Å². The molecular formula is C18H23N3O4. The molecule has 0 unspecified atom stereocenters. The Labute approximate surface area is 146 Å². The minimum atomic E-state index is -0.952. The second-order valence-corrected chi connectivity index (χ2v) is 6.98. The van der Waals surface area contributed by atoms with Crippen molar-refractivity contribution < 1.29 is 19.4 Å². The third-order valence-corrected chi connectivity index (χ3v) is 5.39. The van der Waals surface area contributed by atoms with Crippen LogP contribution in [-0.4, -0.2) is 72.3 Å². The van der Waals surface area contributed by atoms with Gasteiger partial charge in [0.1, 0.15) is 5.54 Å². The van der Waals surface area contributed by atoms with E-state index < -0.39 is 17.7 Å². The van der Waals surface area contributed by atoms with Gasteiger partial charge in [0.05, 0.1) is 25.9 Å². The maximum Gasteiger partial charge on any atom is 0.325 e. The Bertz CT molecular complexity index is 689. The molecule has 0 bridgehead atoms. The number of nitrogens with one attached hydrogen (secondary N) is 1. The molecule has 2 aliphatic heterocycles. The molecule has 2 fully saturated rings. The average molecular weight is 345 g/mol. The number of carbonyl (C=O) groups excluding carboxylic acids is 2. The summed E-state index contributed by atoms with van der Waals surface area (Å²) in [6.45, 7) is 3.27. The van der Waals surface area contributed by atoms with E-state index in [-0.39, 0.29) is 12.5 Å². The van der Waals surface area contributed by atoms with Crippen molar-refractivity contribution in [2.24, 2.45) is 0 Å². The highest BCUT2D eigenvalue weighted by Gasteiger charge is 2.55. The fraction of sp³-hybridized carbons (Fsp3) is 0.556. The van der Waals surface area contributed by atoms with Crippen LogP contribution in [0.15, 0.2) is 24.3 Å². The second-order valence-electron chi connectivity index (χ2n) is 6.98. The summed E-state index contributed by atoms with van der Waals surface area (Å²) >= 11 is 0. The molecule has 134 valence electrons. The van der Waals surface area contributed by atoms with E-state index in [1.165, 1.54) is 4.90 Å². The van der Waals surface area contributed by atoms with E-state index in [1.807, 2.05) is 24.3 Å². The zero-order valence-electron chi connectivity index (χ0n) is 14.1. The highest BCUT2D eigenvalue weighted by Crippen LogP contribution is 2.41. The van der Waals surface area contributed by atoms with E-state index in [2.05, 4.69) is 10.2 Å². The number of morpholine rings is 1. The van der Waals surface area contributed by atoms with Crippen LogP contribution in [0.4, 0.5) is 4.79 Å². The van der Waals surface area contributed by atoms with Gasteiger partial charge in [0, 0.05) is 19.6 Å². The smallest absolute Gasteiger partial charge is 0.325 e. The summed E-state index contributed by atoms with van der Waals surface area (Å²) in [5.74, 6) is -0.247. The van der Waals surface area contributed by atoms with Crippen molar-refractivity contribution in [2.45, 2.75) is 24.5 Å². The van der Waals surface area contributed by atoms with E-state index >= 15 is 0 Å². The van der Waals surface area contributed by atoms with E-state index in [9.17, 15) is 14.7 Å². The number of ether oxygens (including phenoxy) is 1. The molecule has 0 saturated carbocycles. The monoisotopic (exact) mass is 345 g/mol. The molecular weight excluding hydrogens is 322 g/mol. The number of carbonyl (C=O) groups is 2. The van der Waals surface area contributed by atoms with Gasteiger partial charge in [-0.2, -0.15) is 0 Å². The van der Waals surface area contributed by atoms with Crippen LogP contribution in [0.25, 0.3) is 0 Å². The van der Waals surface area contributed by atoms with Crippen molar-refractivity contribution >= 4 is 11.9 Å². The molecule has 1 aromatic carbocycles. The zero-order chi connectivity index (χ0) is 17.4. The van der Waals surface area contributed by atoms with Crippen LogP contribution in [0.2, 0.25) is 0 Å². The van der Waals surface area contributed by atoms with Crippen LogP contribution in [0, 0.1) is 0 Å². The number of urea groups is 1. The number of nitrogens with zero attached hydrogens (tertiary/aromatic N) is 2. The van der Waals surface area contributed by atoms with Crippen molar-refractivity contribution in [1.29, 1.82) is 0 Å². The van der Waals surface area contributed by atoms with E-state index in [0.29, 0.717) is 26.2 Å². The fourth-order valence-corrected chi connectivity index (χ4v) is 4.11. The summed E-state index contributed by atoms with van der Waals surface area (Å²) in [6.07, 6.45) is 0.582. The molecule has 2 N–H and O–H groups in total. The Balaban J connectivity index is 1.47. The topological polar surface area (TPSA) is 82.1 Å². The minimum Gasteiger partial charge on any atom is -0.390 e. The molecule has 1 spiro atoms. The molecule has 3 amide bonds. The third-order valence-electron chi connectivity index (χ3n) is 5.39. The van der Waals surface area contributed by atoms with Gasteiger partial charge in [0.15, 0.2) is 0 Å². The lowest BCUT2D eigenvalue weighted by Crippen LogP contribution is -2.46. The first-order chi connectivity index (χ1) is 12.1. The lowest BCUT2D eigenvalue weighted by atomic mass is 9.92. The van der Waals surface area contributed by atoms with Gasteiger partial charge in [-0.3, -0.25) is 14.6 Å². The maximum absolute atomic E-state index is 13.0. The highest BCUT2D eigenvalue weighted by molar-refractivity contribution is 6.08. The van der Waals surface area contributed by atoms with Crippen LogP contribution < -0.4 is 5.32 Å². The van der Waals surface area contributed by atoms with Gasteiger partial charge in [-0.15, -0.1) is 0 Å². The maximum atomic E-state index is 13.0. The Morgan fingerprint density at radius 3 is 2.76 bits per heavy atom. The fourth-order valence-electron chi connectivity index (χ4n) is 4.11. The first-order valence-electron chi connectivity index (χ1n) is 8.81. The lowest BCUT2D eigenvalue weighted by Gasteiger charge is -2.29. The van der Waals surface area contributed by atoms with Crippen LogP contribution in [0.1, 0.15) is 17.5 Å². The SMILES string of the molecule is O=C1N[C@@]2(CCc3ccccc32)C(=O)N1C[C@@H](O)CN1CCOCC1. The van der Waals surface area contributed by atoms with Crippen LogP contribution in [0.5, 0.6) is 0 Å². The normalized spacial score (nSPS) is 27.6. The summed E-state index contributed by atoms with van der Waals surface area (Å²) in [5, 5.41) is 13.3. The third kappa shape index (κ3) is 2.82. The van der Waals surface area contributed by atoms with Crippen molar-refractivity contribution in [3.63, 3.8) is 0 Å². The molecule has 7 nitrogen and oxygen atoms in total. The zero-order valence-corrected chi connectivity index (χ0v) is 14.1. The van der Waals surface area contributed by atoms with Gasteiger partial charge < -0.3 is 15.2 Å². The average Bonchev–Trinajstić information content (AvgIpc) is 3.10. The molecule has 2 saturated heterocycles. The lowest BCUT2D eigenvalue weighted by molar-refractivity contribution is -0.132. The van der Waals surface area contributed by atoms with Crippen molar-refractivity contribution in [1.82, 2.24) is 15.1 Å². The Morgan fingerprint density at radius 1 is 1.20 bits per heavy atom. The number of aliphatic hydroxyl groups is 1. The number of aryl methyl sites for hydroxylation is 1. The number of hydrogen-bond donors (Lipinski definition) is 2. The molecule has 25 heavy (non-hydrogen) atoms. The molecule has 1 aromatic rings. The Kier molecular flexibility index (Phi) is 4.23. The molecule has 0 radical (unpaired) electrons. The highest BCUT2D eigenvalue weighted by atomic mass is 16.5. The van der Waals surface area contributed by atoms with E-state index in [0.717, 1.165) is 30.6 Å². The number of rotatable bonds is 4. The summed E-state index contributed by atoms with van der Waals surface area (Å²) in [7, 11) is 0. The molecule has 4 rings (SSSR count). The molecule has 2 heterocycles. The largest absolute Gasteiger partial charge is 0.390 e. The van der Waals surface area contributed by atoms with Gasteiger partial charge in [0.2, 0.25) is 0 Å². The number of β-amino-alcohol motifs (C(OH)–C–C–N with tert-alkyl or cyclic N) is 1. The van der Waals surface area contributed by atoms with Gasteiger partial charge in [-0.25, -0.2) is 4.79 Å². The van der Waals surface area contributed by atoms with Crippen molar-refractivity contribution in [2.75, 3.05) is 39.4 Å². The number of aliphatic hydroxyl groups excluding tert-OH is 1. The van der Waals surface area contributed by atoms with Crippen LogP contribution in [-0.2, 0) is 21.5 Å². The number of fused-ring (bicyclic) bond motifs is 2. The van der Waals surface area contributed by atoms with E-state index in [1.54, 1.807) is 0 Å². The van der Waals surface area contributed by atoms with Gasteiger partial charge in [0.25, 0.3) is 5.91 Å². The predicted octanol–water partition coefficient (Wildman–Crippen LogP) is 0.0730. The standard InChI is InChI=1S/C18H23N3O4/c22-14(11-20-7-9-25-10-8-20)12-21-16(23)18(19-17(21)24)6-5-13-3-1-2-4-15(13)18/h1-4,14,22H,5-12H2,(H,19,24)/t14-,18+/m0/s1. The first-order valence-corrected chi connectivity index (χ1v) is 8.81. The summed E-state index contributed by atoms with van der Waals surface area (Å²) in [4.78, 5) is 28.7. The quantitative estimate of drug-likeness (QED) is 0.755. The van der Waals surface area contributed by atoms with Gasteiger partial charge in [-0.1, -0.05) is 24.3 Å². The minimum absolute atomic E-state index is 0.0198. The summed E-state index contributed by atoms with van der Waals surface area (Å²) < 4.78 is 5.29.